The number of aliphatic imine (C=N–C) groups is 1. The van der Waals surface area contributed by atoms with E-state index in [1.54, 1.807) is 18.3 Å². The molecule has 0 amide bonds. The van der Waals surface area contributed by atoms with Crippen LogP contribution in [0.15, 0.2) is 47.7 Å². The van der Waals surface area contributed by atoms with E-state index >= 15 is 0 Å². The number of hydrogen-bond donors (Lipinski definition) is 2. The lowest BCUT2D eigenvalue weighted by atomic mass is 10.2. The maximum Gasteiger partial charge on any atom is 0.272 e. The van der Waals surface area contributed by atoms with Gasteiger partial charge in [0, 0.05) is 36.6 Å². The first-order valence-electron chi connectivity index (χ1n) is 7.43. The normalized spacial score (nSPS) is 11.5. The lowest BCUT2D eigenvalue weighted by molar-refractivity contribution is 0.0791. The van der Waals surface area contributed by atoms with Gasteiger partial charge in [-0.15, -0.1) is 0 Å². The first-order chi connectivity index (χ1) is 11.6. The Morgan fingerprint density at radius 2 is 2.04 bits per heavy atom. The van der Waals surface area contributed by atoms with Crippen LogP contribution in [0.25, 0.3) is 0 Å². The Kier molecular flexibility index (Phi) is 6.88. The molecule has 3 N–H and O–H groups in total. The van der Waals surface area contributed by atoms with E-state index in [2.05, 4.69) is 20.3 Å². The standard InChI is InChI=1S/C16H19F2N5O/c17-14(18)11-24-15-12(4-3-8-21-15)10-23-16(19)22-9-6-13-5-1-2-7-20-13/h1-5,7-8,14H,6,9-11H2,(H3,19,22,23). The third-order valence-corrected chi connectivity index (χ3v) is 3.03. The summed E-state index contributed by atoms with van der Waals surface area (Å²) in [5, 5.41) is 2.98. The van der Waals surface area contributed by atoms with Gasteiger partial charge in [0.1, 0.15) is 0 Å². The van der Waals surface area contributed by atoms with Gasteiger partial charge in [0.25, 0.3) is 6.43 Å². The monoisotopic (exact) mass is 335 g/mol. The Labute approximate surface area is 138 Å². The molecule has 0 radical (unpaired) electrons. The van der Waals surface area contributed by atoms with E-state index in [-0.39, 0.29) is 18.4 Å². The van der Waals surface area contributed by atoms with E-state index in [1.807, 2.05) is 18.2 Å². The quantitative estimate of drug-likeness (QED) is 0.567. The minimum absolute atomic E-state index is 0.142. The molecule has 0 atom stereocenters. The van der Waals surface area contributed by atoms with Gasteiger partial charge in [-0.3, -0.25) is 4.98 Å². The van der Waals surface area contributed by atoms with Crippen LogP contribution in [0.4, 0.5) is 8.78 Å². The Morgan fingerprint density at radius 1 is 1.21 bits per heavy atom. The first kappa shape index (κ1) is 17.6. The van der Waals surface area contributed by atoms with Crippen molar-refractivity contribution in [2.24, 2.45) is 10.7 Å². The smallest absolute Gasteiger partial charge is 0.272 e. The largest absolute Gasteiger partial charge is 0.471 e. The van der Waals surface area contributed by atoms with Crippen LogP contribution in [0.3, 0.4) is 0 Å². The number of halogens is 2. The maximum absolute atomic E-state index is 12.2. The third-order valence-electron chi connectivity index (χ3n) is 3.03. The van der Waals surface area contributed by atoms with Crippen molar-refractivity contribution in [2.45, 2.75) is 19.4 Å². The number of ether oxygens (including phenoxy) is 1. The van der Waals surface area contributed by atoms with E-state index in [4.69, 9.17) is 10.5 Å². The van der Waals surface area contributed by atoms with Gasteiger partial charge in [0.05, 0.1) is 6.54 Å². The molecule has 128 valence electrons. The van der Waals surface area contributed by atoms with E-state index in [0.29, 0.717) is 18.5 Å². The van der Waals surface area contributed by atoms with Crippen LogP contribution in [-0.4, -0.2) is 35.5 Å². The molecule has 0 aromatic carbocycles. The highest BCUT2D eigenvalue weighted by Crippen LogP contribution is 2.16. The highest BCUT2D eigenvalue weighted by atomic mass is 19.3. The molecule has 8 heteroatoms. The topological polar surface area (TPSA) is 85.4 Å². The van der Waals surface area contributed by atoms with E-state index in [0.717, 1.165) is 5.69 Å². The van der Waals surface area contributed by atoms with Gasteiger partial charge in [-0.05, 0) is 18.2 Å². The Balaban J connectivity index is 1.83. The molecule has 0 aliphatic heterocycles. The van der Waals surface area contributed by atoms with Gasteiger partial charge < -0.3 is 15.8 Å². The highest BCUT2D eigenvalue weighted by molar-refractivity contribution is 5.77. The molecule has 0 saturated heterocycles. The number of nitrogens with one attached hydrogen (secondary N) is 1. The number of aromatic nitrogens is 2. The zero-order valence-corrected chi connectivity index (χ0v) is 13.0. The van der Waals surface area contributed by atoms with Crippen molar-refractivity contribution in [1.82, 2.24) is 15.3 Å². The van der Waals surface area contributed by atoms with Crippen molar-refractivity contribution in [3.63, 3.8) is 0 Å². The molecule has 2 heterocycles. The number of nitrogens with zero attached hydrogens (tertiary/aromatic N) is 3. The molecule has 2 aromatic heterocycles. The predicted molar refractivity (Wildman–Crippen MR) is 87.0 cm³/mol. The Hall–Kier alpha value is -2.77. The Morgan fingerprint density at radius 3 is 2.79 bits per heavy atom. The molecule has 0 saturated carbocycles. The average Bonchev–Trinajstić information content (AvgIpc) is 2.59. The summed E-state index contributed by atoms with van der Waals surface area (Å²) in [6.07, 6.45) is 1.37. The number of nitrogens with two attached hydrogens (primary N) is 1. The van der Waals surface area contributed by atoms with Gasteiger partial charge in [-0.25, -0.2) is 18.8 Å². The molecular weight excluding hydrogens is 316 g/mol. The summed E-state index contributed by atoms with van der Waals surface area (Å²) < 4.78 is 29.4. The van der Waals surface area contributed by atoms with Gasteiger partial charge in [0.2, 0.25) is 5.88 Å². The summed E-state index contributed by atoms with van der Waals surface area (Å²) in [5.74, 6) is 0.400. The number of hydrogen-bond acceptors (Lipinski definition) is 4. The minimum atomic E-state index is -2.55. The van der Waals surface area contributed by atoms with Crippen molar-refractivity contribution < 1.29 is 13.5 Å². The van der Waals surface area contributed by atoms with Crippen molar-refractivity contribution in [3.8, 4) is 5.88 Å². The van der Waals surface area contributed by atoms with Crippen LogP contribution >= 0.6 is 0 Å². The second-order valence-corrected chi connectivity index (χ2v) is 4.87. The minimum Gasteiger partial charge on any atom is -0.471 e. The van der Waals surface area contributed by atoms with Crippen LogP contribution < -0.4 is 15.8 Å². The van der Waals surface area contributed by atoms with Crippen LogP contribution in [0.1, 0.15) is 11.3 Å². The SMILES string of the molecule is NC(=NCc1cccnc1OCC(F)F)NCCc1ccccn1. The van der Waals surface area contributed by atoms with Gasteiger partial charge in [-0.1, -0.05) is 12.1 Å². The zero-order valence-electron chi connectivity index (χ0n) is 13.0. The van der Waals surface area contributed by atoms with Crippen LogP contribution in [-0.2, 0) is 13.0 Å². The van der Waals surface area contributed by atoms with Gasteiger partial charge in [0.15, 0.2) is 12.6 Å². The molecule has 0 spiro atoms. The fraction of sp³-hybridized carbons (Fsp3) is 0.312. The fourth-order valence-electron chi connectivity index (χ4n) is 1.91. The summed E-state index contributed by atoms with van der Waals surface area (Å²) in [6, 6.07) is 9.10. The van der Waals surface area contributed by atoms with Crippen molar-refractivity contribution >= 4 is 5.96 Å². The Bertz CT molecular complexity index is 652. The van der Waals surface area contributed by atoms with Gasteiger partial charge >= 0.3 is 0 Å². The van der Waals surface area contributed by atoms with Crippen LogP contribution in [0, 0.1) is 0 Å². The molecule has 6 nitrogen and oxygen atoms in total. The number of guanidine groups is 1. The number of rotatable bonds is 8. The number of alkyl halides is 2. The summed E-state index contributed by atoms with van der Waals surface area (Å²) in [4.78, 5) is 12.3. The van der Waals surface area contributed by atoms with Crippen molar-refractivity contribution in [3.05, 3.63) is 54.0 Å². The highest BCUT2D eigenvalue weighted by Gasteiger charge is 2.08. The number of pyridine rings is 2. The van der Waals surface area contributed by atoms with E-state index in [1.165, 1.54) is 6.20 Å². The molecule has 0 unspecified atom stereocenters. The van der Waals surface area contributed by atoms with E-state index < -0.39 is 13.0 Å². The van der Waals surface area contributed by atoms with E-state index in [9.17, 15) is 8.78 Å². The second kappa shape index (κ2) is 9.39. The van der Waals surface area contributed by atoms with Crippen molar-refractivity contribution in [1.29, 1.82) is 0 Å². The fourth-order valence-corrected chi connectivity index (χ4v) is 1.91. The van der Waals surface area contributed by atoms with Crippen LogP contribution in [0.2, 0.25) is 0 Å². The predicted octanol–water partition coefficient (Wildman–Crippen LogP) is 1.77. The second-order valence-electron chi connectivity index (χ2n) is 4.87. The lowest BCUT2D eigenvalue weighted by Gasteiger charge is -2.09. The lowest BCUT2D eigenvalue weighted by Crippen LogP contribution is -2.33. The van der Waals surface area contributed by atoms with Crippen LogP contribution in [0.5, 0.6) is 5.88 Å². The molecule has 24 heavy (non-hydrogen) atoms. The zero-order chi connectivity index (χ0) is 17.2. The molecule has 0 aliphatic rings. The molecule has 0 aliphatic carbocycles. The summed E-state index contributed by atoms with van der Waals surface area (Å²) in [6.45, 7) is 0.0779. The maximum atomic E-state index is 12.2. The molecular formula is C16H19F2N5O. The third kappa shape index (κ3) is 6.15. The summed E-state index contributed by atoms with van der Waals surface area (Å²) >= 11 is 0. The molecule has 2 rings (SSSR count). The molecule has 0 bridgehead atoms. The molecule has 0 fully saturated rings. The van der Waals surface area contributed by atoms with Gasteiger partial charge in [-0.2, -0.15) is 0 Å². The van der Waals surface area contributed by atoms with Crippen molar-refractivity contribution in [2.75, 3.05) is 13.2 Å². The summed E-state index contributed by atoms with van der Waals surface area (Å²) in [5.41, 5.74) is 7.34. The average molecular weight is 335 g/mol. The molecule has 2 aromatic rings. The first-order valence-corrected chi connectivity index (χ1v) is 7.43. The summed E-state index contributed by atoms with van der Waals surface area (Å²) in [7, 11) is 0.